The maximum Gasteiger partial charge on any atom is 0.309 e. The van der Waals surface area contributed by atoms with Crippen molar-refractivity contribution in [2.75, 3.05) is 28.4 Å². The van der Waals surface area contributed by atoms with Crippen LogP contribution < -0.4 is 29.6 Å². The summed E-state index contributed by atoms with van der Waals surface area (Å²) in [6.45, 7) is 0. The van der Waals surface area contributed by atoms with Crippen LogP contribution in [-0.2, 0) is 20.8 Å². The van der Waals surface area contributed by atoms with Crippen LogP contribution in [0.4, 0.5) is 0 Å². The minimum absolute atomic E-state index is 0.425. The standard InChI is InChI=1S/C46H44N2O8/c1-53-37-23-15-33(16-24-37)45(51,34-17-25-38(54-2)26-18-34)41(31-11-7-5-8-12-31)47-43(49)44(50)48-42(32-13-9-6-10-14-32)46(52,35-19-27-39(55-3)28-20-35)36-21-29-40(56-4)30-22-36/h5-30,41-42,51-52H,1-4H3,(H,47,49)(H,48,50)/t41-,42-/m1/s1. The van der Waals surface area contributed by atoms with Gasteiger partial charge in [-0.15, -0.1) is 0 Å². The molecule has 2 amide bonds. The van der Waals surface area contributed by atoms with E-state index in [1.165, 1.54) is 0 Å². The summed E-state index contributed by atoms with van der Waals surface area (Å²) < 4.78 is 21.6. The molecule has 0 bridgehead atoms. The molecule has 10 heteroatoms. The lowest BCUT2D eigenvalue weighted by Gasteiger charge is -2.39. The SMILES string of the molecule is COc1ccc(C(O)(c2ccc(OC)cc2)[C@H](NC(=O)C(=O)N[C@H](c2ccccc2)C(O)(c2ccc(OC)cc2)c2ccc(OC)cc2)c2ccccc2)cc1. The highest BCUT2D eigenvalue weighted by molar-refractivity contribution is 6.35. The molecule has 6 aromatic rings. The fraction of sp³-hybridized carbons (Fsp3) is 0.174. The zero-order valence-electron chi connectivity index (χ0n) is 31.5. The first-order valence-corrected chi connectivity index (χ1v) is 17.9. The van der Waals surface area contributed by atoms with Crippen LogP contribution in [0.2, 0.25) is 0 Å². The van der Waals surface area contributed by atoms with E-state index in [4.69, 9.17) is 18.9 Å². The van der Waals surface area contributed by atoms with Gasteiger partial charge in [0.25, 0.3) is 0 Å². The molecule has 0 aliphatic rings. The summed E-state index contributed by atoms with van der Waals surface area (Å²) in [6, 6.07) is 42.8. The van der Waals surface area contributed by atoms with Gasteiger partial charge >= 0.3 is 11.8 Å². The predicted molar refractivity (Wildman–Crippen MR) is 213 cm³/mol. The number of methoxy groups -OCH3 is 4. The summed E-state index contributed by atoms with van der Waals surface area (Å²) in [6.07, 6.45) is 0. The number of carbonyl (C=O) groups is 2. The average molecular weight is 753 g/mol. The van der Waals surface area contributed by atoms with Crippen molar-refractivity contribution in [3.8, 4) is 23.0 Å². The van der Waals surface area contributed by atoms with Crippen LogP contribution in [0.25, 0.3) is 0 Å². The third-order valence-electron chi connectivity index (χ3n) is 9.98. The number of amides is 2. The minimum Gasteiger partial charge on any atom is -0.497 e. The maximum absolute atomic E-state index is 14.4. The molecule has 6 aromatic carbocycles. The van der Waals surface area contributed by atoms with Gasteiger partial charge in [-0.1, -0.05) is 109 Å². The van der Waals surface area contributed by atoms with Crippen LogP contribution in [0.3, 0.4) is 0 Å². The molecule has 6 rings (SSSR count). The lowest BCUT2D eigenvalue weighted by atomic mass is 9.76. The zero-order chi connectivity index (χ0) is 39.7. The Morgan fingerprint density at radius 1 is 0.411 bits per heavy atom. The highest BCUT2D eigenvalue weighted by Gasteiger charge is 2.46. The molecule has 56 heavy (non-hydrogen) atoms. The quantitative estimate of drug-likeness (QED) is 0.0914. The molecule has 4 N–H and O–H groups in total. The minimum atomic E-state index is -1.92. The second-order valence-corrected chi connectivity index (χ2v) is 13.1. The van der Waals surface area contributed by atoms with E-state index in [9.17, 15) is 19.8 Å². The van der Waals surface area contributed by atoms with Crippen LogP contribution in [0.1, 0.15) is 45.5 Å². The molecule has 0 fully saturated rings. The van der Waals surface area contributed by atoms with Crippen molar-refractivity contribution in [3.63, 3.8) is 0 Å². The van der Waals surface area contributed by atoms with Crippen molar-refractivity contribution in [1.82, 2.24) is 10.6 Å². The van der Waals surface area contributed by atoms with Crippen molar-refractivity contribution in [2.45, 2.75) is 23.3 Å². The van der Waals surface area contributed by atoms with Crippen molar-refractivity contribution >= 4 is 11.8 Å². The van der Waals surface area contributed by atoms with Gasteiger partial charge in [0.2, 0.25) is 0 Å². The number of aliphatic hydroxyl groups is 2. The van der Waals surface area contributed by atoms with E-state index in [1.54, 1.807) is 174 Å². The number of carbonyl (C=O) groups excluding carboxylic acids is 2. The fourth-order valence-electron chi connectivity index (χ4n) is 6.92. The molecule has 0 aliphatic heterocycles. The second kappa shape index (κ2) is 17.2. The van der Waals surface area contributed by atoms with Crippen LogP contribution in [-0.4, -0.2) is 50.5 Å². The molecule has 0 saturated heterocycles. The summed E-state index contributed by atoms with van der Waals surface area (Å²) in [5.74, 6) is 0.175. The van der Waals surface area contributed by atoms with Gasteiger partial charge in [0.05, 0.1) is 40.5 Å². The lowest BCUT2D eigenvalue weighted by Crippen LogP contribution is -2.52. The number of nitrogens with one attached hydrogen (secondary N) is 2. The van der Waals surface area contributed by atoms with Gasteiger partial charge in [0, 0.05) is 0 Å². The molecule has 286 valence electrons. The van der Waals surface area contributed by atoms with Crippen LogP contribution >= 0.6 is 0 Å². The Morgan fingerprint density at radius 2 is 0.643 bits per heavy atom. The first kappa shape index (κ1) is 39.1. The second-order valence-electron chi connectivity index (χ2n) is 13.1. The van der Waals surface area contributed by atoms with Gasteiger partial charge in [-0.2, -0.15) is 0 Å². The van der Waals surface area contributed by atoms with Gasteiger partial charge in [0.1, 0.15) is 34.2 Å². The number of benzene rings is 6. The summed E-state index contributed by atoms with van der Waals surface area (Å²) in [7, 11) is 6.18. The van der Waals surface area contributed by atoms with Crippen molar-refractivity contribution in [1.29, 1.82) is 0 Å². The smallest absolute Gasteiger partial charge is 0.309 e. The highest BCUT2D eigenvalue weighted by Crippen LogP contribution is 2.44. The Hall–Kier alpha value is -6.62. The Labute approximate surface area is 326 Å². The Balaban J connectivity index is 1.44. The molecule has 0 unspecified atom stereocenters. The summed E-state index contributed by atoms with van der Waals surface area (Å²) >= 11 is 0. The topological polar surface area (TPSA) is 136 Å². The van der Waals surface area contributed by atoms with Crippen LogP contribution in [0.15, 0.2) is 158 Å². The number of ether oxygens (including phenoxy) is 4. The normalized spacial score (nSPS) is 12.5. The van der Waals surface area contributed by atoms with Gasteiger partial charge in [-0.3, -0.25) is 9.59 Å². The van der Waals surface area contributed by atoms with E-state index in [-0.39, 0.29) is 0 Å². The van der Waals surface area contributed by atoms with E-state index in [2.05, 4.69) is 10.6 Å². The van der Waals surface area contributed by atoms with E-state index in [0.29, 0.717) is 56.4 Å². The Kier molecular flexibility index (Phi) is 12.0. The molecule has 0 radical (unpaired) electrons. The van der Waals surface area contributed by atoms with Gasteiger partial charge in [-0.25, -0.2) is 0 Å². The first-order chi connectivity index (χ1) is 27.1. The van der Waals surface area contributed by atoms with Gasteiger partial charge in [0.15, 0.2) is 0 Å². The Morgan fingerprint density at radius 3 is 0.857 bits per heavy atom. The molecule has 2 atom stereocenters. The lowest BCUT2D eigenvalue weighted by molar-refractivity contribution is -0.142. The molecular formula is C46H44N2O8. The summed E-state index contributed by atoms with van der Waals surface area (Å²) in [5, 5.41) is 31.8. The molecule has 0 spiro atoms. The molecule has 0 aliphatic carbocycles. The predicted octanol–water partition coefficient (Wildman–Crippen LogP) is 6.61. The molecule has 0 heterocycles. The maximum atomic E-state index is 14.4. The largest absolute Gasteiger partial charge is 0.497 e. The highest BCUT2D eigenvalue weighted by atomic mass is 16.5. The average Bonchev–Trinajstić information content (AvgIpc) is 3.27. The molecule has 10 nitrogen and oxygen atoms in total. The fourth-order valence-corrected chi connectivity index (χ4v) is 6.92. The van der Waals surface area contributed by atoms with E-state index in [1.807, 2.05) is 12.1 Å². The Bertz CT molecular complexity index is 1940. The summed E-state index contributed by atoms with van der Waals surface area (Å²) in [4.78, 5) is 28.8. The number of rotatable bonds is 14. The summed E-state index contributed by atoms with van der Waals surface area (Å²) in [5.41, 5.74) is -1.08. The van der Waals surface area contributed by atoms with E-state index < -0.39 is 35.1 Å². The molecule has 0 saturated carbocycles. The monoisotopic (exact) mass is 752 g/mol. The third-order valence-corrected chi connectivity index (χ3v) is 9.98. The first-order valence-electron chi connectivity index (χ1n) is 17.9. The molecule has 0 aromatic heterocycles. The zero-order valence-corrected chi connectivity index (χ0v) is 31.5. The number of hydrogen-bond acceptors (Lipinski definition) is 8. The van der Waals surface area contributed by atoms with Crippen LogP contribution in [0, 0.1) is 0 Å². The van der Waals surface area contributed by atoms with Crippen LogP contribution in [0.5, 0.6) is 23.0 Å². The van der Waals surface area contributed by atoms with E-state index >= 15 is 0 Å². The number of hydrogen-bond donors (Lipinski definition) is 4. The van der Waals surface area contributed by atoms with E-state index in [0.717, 1.165) is 0 Å². The van der Waals surface area contributed by atoms with Gasteiger partial charge < -0.3 is 39.8 Å². The molecular weight excluding hydrogens is 709 g/mol. The van der Waals surface area contributed by atoms with Crippen molar-refractivity contribution < 1.29 is 38.7 Å². The third kappa shape index (κ3) is 7.93. The van der Waals surface area contributed by atoms with Crippen molar-refractivity contribution in [3.05, 3.63) is 191 Å². The van der Waals surface area contributed by atoms with Gasteiger partial charge in [-0.05, 0) is 81.9 Å². The van der Waals surface area contributed by atoms with Crippen molar-refractivity contribution in [2.24, 2.45) is 0 Å².